The summed E-state index contributed by atoms with van der Waals surface area (Å²) in [5.41, 5.74) is 0.761. The van der Waals surface area contributed by atoms with Gasteiger partial charge in [-0.3, -0.25) is 9.10 Å². The molecule has 0 saturated heterocycles. The maximum absolute atomic E-state index is 12.9. The molecule has 0 aliphatic rings. The van der Waals surface area contributed by atoms with E-state index in [1.165, 1.54) is 28.6 Å². The van der Waals surface area contributed by atoms with E-state index in [-0.39, 0.29) is 30.1 Å². The first-order chi connectivity index (χ1) is 13.0. The summed E-state index contributed by atoms with van der Waals surface area (Å²) in [4.78, 5) is 13.5. The van der Waals surface area contributed by atoms with E-state index >= 15 is 0 Å². The van der Waals surface area contributed by atoms with Gasteiger partial charge in [0.25, 0.3) is 15.9 Å². The molecule has 7 nitrogen and oxygen atoms in total. The van der Waals surface area contributed by atoms with E-state index < -0.39 is 15.9 Å². The topological polar surface area (TPSA) is 105 Å². The zero-order chi connectivity index (χ0) is 19.9. The lowest BCUT2D eigenvalue weighted by molar-refractivity contribution is 0.0794. The summed E-state index contributed by atoms with van der Waals surface area (Å²) in [6.07, 6.45) is 0. The van der Waals surface area contributed by atoms with Gasteiger partial charge >= 0.3 is 0 Å². The van der Waals surface area contributed by atoms with Crippen LogP contribution in [0.4, 0.5) is 5.69 Å². The van der Waals surface area contributed by atoms with Crippen molar-refractivity contribution in [2.75, 3.05) is 23.9 Å². The Balaban J connectivity index is 2.32. The molecule has 0 bridgehead atoms. The first-order valence-corrected chi connectivity index (χ1v) is 9.60. The second-order valence-electron chi connectivity index (χ2n) is 5.51. The molecule has 8 heteroatoms. The van der Waals surface area contributed by atoms with Gasteiger partial charge in [-0.15, -0.1) is 0 Å². The van der Waals surface area contributed by atoms with Gasteiger partial charge < -0.3 is 4.90 Å². The van der Waals surface area contributed by atoms with Crippen LogP contribution in [0.1, 0.15) is 17.3 Å². The van der Waals surface area contributed by atoms with Crippen molar-refractivity contribution in [3.63, 3.8) is 0 Å². The molecule has 0 saturated carbocycles. The van der Waals surface area contributed by atoms with E-state index in [1.54, 1.807) is 37.3 Å². The predicted molar refractivity (Wildman–Crippen MR) is 100 cm³/mol. The minimum absolute atomic E-state index is 0.0527. The lowest BCUT2D eigenvalue weighted by atomic mass is 10.2. The smallest absolute Gasteiger partial charge is 0.264 e. The summed E-state index contributed by atoms with van der Waals surface area (Å²) in [5, 5.41) is 17.5. The number of rotatable bonds is 7. The first kappa shape index (κ1) is 20.0. The number of sulfonamides is 1. The van der Waals surface area contributed by atoms with Gasteiger partial charge in [0.05, 0.1) is 22.7 Å². The molecule has 0 fully saturated rings. The molecule has 0 radical (unpaired) electrons. The van der Waals surface area contributed by atoms with Crippen molar-refractivity contribution in [1.29, 1.82) is 10.5 Å². The Morgan fingerprint density at radius 2 is 1.52 bits per heavy atom. The third-order valence-electron chi connectivity index (χ3n) is 3.83. The Bertz CT molecular complexity index is 958. The second-order valence-corrected chi connectivity index (χ2v) is 7.37. The van der Waals surface area contributed by atoms with Crippen molar-refractivity contribution < 1.29 is 13.2 Å². The highest BCUT2D eigenvalue weighted by Crippen LogP contribution is 2.23. The van der Waals surface area contributed by atoms with Crippen LogP contribution in [0.25, 0.3) is 0 Å². The maximum Gasteiger partial charge on any atom is 0.264 e. The van der Waals surface area contributed by atoms with Gasteiger partial charge in [0.15, 0.2) is 0 Å². The quantitative estimate of drug-likeness (QED) is 0.684. The zero-order valence-electron chi connectivity index (χ0n) is 14.7. The van der Waals surface area contributed by atoms with E-state index in [1.807, 2.05) is 12.1 Å². The molecule has 0 spiro atoms. The van der Waals surface area contributed by atoms with E-state index in [4.69, 9.17) is 10.5 Å². The van der Waals surface area contributed by atoms with Gasteiger partial charge in [-0.2, -0.15) is 10.5 Å². The van der Waals surface area contributed by atoms with Crippen molar-refractivity contribution in [3.05, 3.63) is 60.2 Å². The van der Waals surface area contributed by atoms with Gasteiger partial charge in [-0.1, -0.05) is 18.2 Å². The standard InChI is InChI=1S/C19H18N4O3S/c1-2-23(17-6-4-3-5-7-17)27(25,26)18-10-8-16(9-11-18)19(24)22(14-12-20)15-13-21/h3-11H,2,14-15H2,1H3. The number of para-hydroxylation sites is 1. The third-order valence-corrected chi connectivity index (χ3v) is 5.75. The molecule has 0 aliphatic carbocycles. The zero-order valence-corrected chi connectivity index (χ0v) is 15.6. The van der Waals surface area contributed by atoms with Crippen molar-refractivity contribution in [3.8, 4) is 12.1 Å². The SMILES string of the molecule is CCN(c1ccccc1)S(=O)(=O)c1ccc(C(=O)N(CC#N)CC#N)cc1. The second kappa shape index (κ2) is 8.84. The van der Waals surface area contributed by atoms with E-state index in [9.17, 15) is 13.2 Å². The van der Waals surface area contributed by atoms with Crippen LogP contribution in [0.3, 0.4) is 0 Å². The van der Waals surface area contributed by atoms with Crippen LogP contribution in [0.2, 0.25) is 0 Å². The Kier molecular flexibility index (Phi) is 6.53. The van der Waals surface area contributed by atoms with Crippen LogP contribution in [-0.2, 0) is 10.0 Å². The summed E-state index contributed by atoms with van der Waals surface area (Å²) in [6, 6.07) is 17.9. The number of benzene rings is 2. The molecule has 2 aromatic carbocycles. The maximum atomic E-state index is 12.9. The highest BCUT2D eigenvalue weighted by molar-refractivity contribution is 7.92. The third kappa shape index (κ3) is 4.43. The lowest BCUT2D eigenvalue weighted by Crippen LogP contribution is -2.32. The van der Waals surface area contributed by atoms with Gasteiger partial charge in [-0.25, -0.2) is 8.42 Å². The Labute approximate surface area is 158 Å². The molecule has 0 aliphatic heterocycles. The monoisotopic (exact) mass is 382 g/mol. The molecule has 27 heavy (non-hydrogen) atoms. The number of nitrogens with zero attached hydrogens (tertiary/aromatic N) is 4. The Morgan fingerprint density at radius 1 is 0.963 bits per heavy atom. The summed E-state index contributed by atoms with van der Waals surface area (Å²) in [5.74, 6) is -0.502. The van der Waals surface area contributed by atoms with Crippen molar-refractivity contribution in [2.24, 2.45) is 0 Å². The number of hydrogen-bond donors (Lipinski definition) is 0. The minimum Gasteiger partial charge on any atom is -0.312 e. The van der Waals surface area contributed by atoms with E-state index in [2.05, 4.69) is 0 Å². The summed E-state index contributed by atoms with van der Waals surface area (Å²) >= 11 is 0. The molecule has 138 valence electrons. The minimum atomic E-state index is -3.78. The van der Waals surface area contributed by atoms with Crippen LogP contribution >= 0.6 is 0 Å². The fourth-order valence-corrected chi connectivity index (χ4v) is 4.01. The van der Waals surface area contributed by atoms with E-state index in [0.717, 1.165) is 4.90 Å². The molecule has 0 atom stereocenters. The van der Waals surface area contributed by atoms with Gasteiger partial charge in [0.2, 0.25) is 0 Å². The van der Waals surface area contributed by atoms with E-state index in [0.29, 0.717) is 5.69 Å². The molecule has 1 amide bonds. The highest BCUT2D eigenvalue weighted by Gasteiger charge is 2.24. The Hall–Kier alpha value is -3.36. The fourth-order valence-electron chi connectivity index (χ4n) is 2.54. The Morgan fingerprint density at radius 3 is 2.00 bits per heavy atom. The van der Waals surface area contributed by atoms with Gasteiger partial charge in [0, 0.05) is 12.1 Å². The largest absolute Gasteiger partial charge is 0.312 e. The molecule has 0 aromatic heterocycles. The average Bonchev–Trinajstić information content (AvgIpc) is 2.68. The van der Waals surface area contributed by atoms with Gasteiger partial charge in [-0.05, 0) is 43.3 Å². The molecule has 0 heterocycles. The molecule has 0 unspecified atom stereocenters. The molecular formula is C19H18N4O3S. The van der Waals surface area contributed by atoms with Crippen LogP contribution in [0, 0.1) is 22.7 Å². The van der Waals surface area contributed by atoms with Crippen LogP contribution in [-0.4, -0.2) is 38.9 Å². The van der Waals surface area contributed by atoms with Crippen molar-refractivity contribution in [1.82, 2.24) is 4.90 Å². The average molecular weight is 382 g/mol. The molecule has 0 N–H and O–H groups in total. The normalized spacial score (nSPS) is 10.5. The summed E-state index contributed by atoms with van der Waals surface area (Å²) < 4.78 is 27.1. The highest BCUT2D eigenvalue weighted by atomic mass is 32.2. The number of carbonyl (C=O) groups is 1. The number of carbonyl (C=O) groups excluding carboxylic acids is 1. The number of anilines is 1. The molecule has 2 aromatic rings. The van der Waals surface area contributed by atoms with Crippen molar-refractivity contribution in [2.45, 2.75) is 11.8 Å². The summed E-state index contributed by atoms with van der Waals surface area (Å²) in [7, 11) is -3.78. The van der Waals surface area contributed by atoms with Crippen LogP contribution < -0.4 is 4.31 Å². The lowest BCUT2D eigenvalue weighted by Gasteiger charge is -2.23. The fraction of sp³-hybridized carbons (Fsp3) is 0.211. The first-order valence-electron chi connectivity index (χ1n) is 8.16. The van der Waals surface area contributed by atoms with Crippen LogP contribution in [0.15, 0.2) is 59.5 Å². The van der Waals surface area contributed by atoms with Gasteiger partial charge in [0.1, 0.15) is 13.1 Å². The summed E-state index contributed by atoms with van der Waals surface area (Å²) in [6.45, 7) is 1.56. The number of amides is 1. The molecule has 2 rings (SSSR count). The number of nitriles is 2. The van der Waals surface area contributed by atoms with Crippen molar-refractivity contribution >= 4 is 21.6 Å². The predicted octanol–water partition coefficient (Wildman–Crippen LogP) is 2.39. The molecular weight excluding hydrogens is 364 g/mol. The van der Waals surface area contributed by atoms with Crippen LogP contribution in [0.5, 0.6) is 0 Å². The number of hydrogen-bond acceptors (Lipinski definition) is 5.